The van der Waals surface area contributed by atoms with E-state index in [-0.39, 0.29) is 11.9 Å². The van der Waals surface area contributed by atoms with Crippen LogP contribution in [-0.4, -0.2) is 29.8 Å². The Morgan fingerprint density at radius 3 is 2.88 bits per heavy atom. The van der Waals surface area contributed by atoms with Gasteiger partial charge in [0.2, 0.25) is 0 Å². The fourth-order valence-electron chi connectivity index (χ4n) is 1.34. The predicted molar refractivity (Wildman–Crippen MR) is 63.3 cm³/mol. The molecule has 1 heterocycles. The zero-order valence-corrected chi connectivity index (χ0v) is 9.74. The summed E-state index contributed by atoms with van der Waals surface area (Å²) >= 11 is 4.48. The number of isothiocyanates is 1. The van der Waals surface area contributed by atoms with Gasteiger partial charge in [-0.15, -0.1) is 0 Å². The van der Waals surface area contributed by atoms with E-state index >= 15 is 0 Å². The van der Waals surface area contributed by atoms with E-state index in [1.165, 1.54) is 7.11 Å². The molecule has 0 spiro atoms. The molecule has 0 saturated heterocycles. The molecule has 0 aliphatic heterocycles. The van der Waals surface area contributed by atoms with Crippen LogP contribution in [0.25, 0.3) is 0 Å². The minimum absolute atomic E-state index is 0.286. The molecule has 1 aromatic heterocycles. The van der Waals surface area contributed by atoms with Gasteiger partial charge in [-0.2, -0.15) is 0 Å². The molecule has 1 unspecified atom stereocenters. The number of carbonyl (C=O) groups excluding carboxylic acids is 1. The van der Waals surface area contributed by atoms with Crippen molar-refractivity contribution in [2.24, 2.45) is 10.9 Å². The fraction of sp³-hybridized carbons (Fsp3) is 0.364. The van der Waals surface area contributed by atoms with Gasteiger partial charge in [0.25, 0.3) is 0 Å². The van der Waals surface area contributed by atoms with Gasteiger partial charge in [-0.25, -0.2) is 4.99 Å². The van der Waals surface area contributed by atoms with Gasteiger partial charge in [-0.3, -0.25) is 9.78 Å². The summed E-state index contributed by atoms with van der Waals surface area (Å²) in [5, 5.41) is 2.25. The number of thiocarbonyl (C=S) groups is 1. The van der Waals surface area contributed by atoms with Crippen molar-refractivity contribution in [3.63, 3.8) is 0 Å². The maximum atomic E-state index is 11.5. The standard InChI is InChI=1S/C11H12N2O2S/c1-15-11(14)10(7-13-8-16)6-9-2-4-12-5-3-9/h2-5,10H,6-7H2,1H3. The molecule has 1 atom stereocenters. The average Bonchev–Trinajstić information content (AvgIpc) is 2.34. The van der Waals surface area contributed by atoms with E-state index in [9.17, 15) is 4.79 Å². The third kappa shape index (κ3) is 3.88. The Morgan fingerprint density at radius 2 is 2.31 bits per heavy atom. The zero-order chi connectivity index (χ0) is 11.8. The van der Waals surface area contributed by atoms with Crippen LogP contribution in [-0.2, 0) is 16.0 Å². The molecule has 0 radical (unpaired) electrons. The molecular formula is C11H12N2O2S. The topological polar surface area (TPSA) is 51.5 Å². The SMILES string of the molecule is COC(=O)C(CN=C=S)Cc1ccncc1. The number of pyridine rings is 1. The first-order valence-corrected chi connectivity index (χ1v) is 5.19. The molecule has 0 fully saturated rings. The van der Waals surface area contributed by atoms with E-state index in [0.29, 0.717) is 13.0 Å². The van der Waals surface area contributed by atoms with Crippen LogP contribution in [0.5, 0.6) is 0 Å². The third-order valence-corrected chi connectivity index (χ3v) is 2.27. The Hall–Kier alpha value is -1.58. The normalized spacial score (nSPS) is 11.3. The van der Waals surface area contributed by atoms with Crippen LogP contribution in [0.1, 0.15) is 5.56 Å². The van der Waals surface area contributed by atoms with E-state index in [4.69, 9.17) is 4.74 Å². The number of carbonyl (C=O) groups is 1. The predicted octanol–water partition coefficient (Wildman–Crippen LogP) is 1.52. The van der Waals surface area contributed by atoms with Crippen LogP contribution in [0, 0.1) is 5.92 Å². The van der Waals surface area contributed by atoms with Gasteiger partial charge in [0, 0.05) is 12.4 Å². The molecule has 0 aromatic carbocycles. The summed E-state index contributed by atoms with van der Waals surface area (Å²) in [7, 11) is 1.36. The molecule has 16 heavy (non-hydrogen) atoms. The van der Waals surface area contributed by atoms with Gasteiger partial charge in [0.1, 0.15) is 0 Å². The van der Waals surface area contributed by atoms with Gasteiger partial charge < -0.3 is 4.74 Å². The Morgan fingerprint density at radius 1 is 1.62 bits per heavy atom. The van der Waals surface area contributed by atoms with E-state index in [2.05, 4.69) is 27.4 Å². The number of aromatic nitrogens is 1. The van der Waals surface area contributed by atoms with Crippen molar-refractivity contribution in [2.75, 3.05) is 13.7 Å². The van der Waals surface area contributed by atoms with Crippen molar-refractivity contribution < 1.29 is 9.53 Å². The van der Waals surface area contributed by atoms with Crippen molar-refractivity contribution >= 4 is 23.3 Å². The summed E-state index contributed by atoms with van der Waals surface area (Å²) in [6, 6.07) is 3.72. The monoisotopic (exact) mass is 236 g/mol. The van der Waals surface area contributed by atoms with Crippen LogP contribution < -0.4 is 0 Å². The molecule has 5 heteroatoms. The summed E-state index contributed by atoms with van der Waals surface area (Å²) in [4.78, 5) is 19.2. The van der Waals surface area contributed by atoms with Gasteiger partial charge in [-0.05, 0) is 36.3 Å². The minimum atomic E-state index is -0.317. The number of hydrogen-bond acceptors (Lipinski definition) is 5. The first-order chi connectivity index (χ1) is 7.77. The van der Waals surface area contributed by atoms with Gasteiger partial charge >= 0.3 is 5.97 Å². The number of hydrogen-bond donors (Lipinski definition) is 0. The minimum Gasteiger partial charge on any atom is -0.469 e. The molecule has 0 saturated carbocycles. The second kappa shape index (κ2) is 6.82. The van der Waals surface area contributed by atoms with E-state index in [1.807, 2.05) is 12.1 Å². The largest absolute Gasteiger partial charge is 0.469 e. The van der Waals surface area contributed by atoms with Crippen molar-refractivity contribution in [1.82, 2.24) is 4.98 Å². The number of rotatable bonds is 5. The molecule has 0 N–H and O–H groups in total. The lowest BCUT2D eigenvalue weighted by molar-refractivity contribution is -0.145. The van der Waals surface area contributed by atoms with E-state index in [0.717, 1.165) is 5.56 Å². The van der Waals surface area contributed by atoms with Crippen molar-refractivity contribution in [1.29, 1.82) is 0 Å². The van der Waals surface area contributed by atoms with E-state index in [1.54, 1.807) is 12.4 Å². The molecule has 4 nitrogen and oxygen atoms in total. The highest BCUT2D eigenvalue weighted by Gasteiger charge is 2.18. The fourth-order valence-corrected chi connectivity index (χ4v) is 1.41. The molecule has 1 rings (SSSR count). The number of aliphatic imine (C=N–C) groups is 1. The van der Waals surface area contributed by atoms with Crippen LogP contribution in [0.15, 0.2) is 29.5 Å². The molecule has 0 aliphatic rings. The van der Waals surface area contributed by atoms with E-state index < -0.39 is 0 Å². The summed E-state index contributed by atoms with van der Waals surface area (Å²) in [5.41, 5.74) is 1.02. The van der Waals surface area contributed by atoms with Crippen molar-refractivity contribution in [2.45, 2.75) is 6.42 Å². The Bertz CT molecular complexity index is 388. The highest BCUT2D eigenvalue weighted by Crippen LogP contribution is 2.10. The lowest BCUT2D eigenvalue weighted by Crippen LogP contribution is -2.21. The summed E-state index contributed by atoms with van der Waals surface area (Å²) in [6.45, 7) is 0.304. The highest BCUT2D eigenvalue weighted by atomic mass is 32.1. The molecule has 0 aliphatic carbocycles. The van der Waals surface area contributed by atoms with Gasteiger partial charge in [-0.1, -0.05) is 0 Å². The van der Waals surface area contributed by atoms with Crippen LogP contribution >= 0.6 is 12.2 Å². The number of methoxy groups -OCH3 is 1. The quantitative estimate of drug-likeness (QED) is 0.442. The third-order valence-electron chi connectivity index (χ3n) is 2.14. The summed E-state index contributed by atoms with van der Waals surface area (Å²) < 4.78 is 4.71. The Labute approximate surface area is 99.4 Å². The molecule has 0 bridgehead atoms. The number of nitrogens with zero attached hydrogens (tertiary/aromatic N) is 2. The lowest BCUT2D eigenvalue weighted by Gasteiger charge is -2.11. The van der Waals surface area contributed by atoms with Crippen molar-refractivity contribution in [3.05, 3.63) is 30.1 Å². The smallest absolute Gasteiger partial charge is 0.310 e. The lowest BCUT2D eigenvalue weighted by atomic mass is 10.0. The Balaban J connectivity index is 2.70. The number of ether oxygens (including phenoxy) is 1. The molecule has 84 valence electrons. The van der Waals surface area contributed by atoms with Crippen LogP contribution in [0.2, 0.25) is 0 Å². The van der Waals surface area contributed by atoms with Crippen molar-refractivity contribution in [3.8, 4) is 0 Å². The second-order valence-electron chi connectivity index (χ2n) is 3.21. The molecule has 0 amide bonds. The zero-order valence-electron chi connectivity index (χ0n) is 8.92. The van der Waals surface area contributed by atoms with Gasteiger partial charge in [0.05, 0.1) is 24.7 Å². The van der Waals surface area contributed by atoms with Crippen LogP contribution in [0.3, 0.4) is 0 Å². The summed E-state index contributed by atoms with van der Waals surface area (Å²) in [5.74, 6) is -0.603. The highest BCUT2D eigenvalue weighted by molar-refractivity contribution is 7.78. The van der Waals surface area contributed by atoms with Crippen LogP contribution in [0.4, 0.5) is 0 Å². The maximum absolute atomic E-state index is 11.5. The molecular weight excluding hydrogens is 224 g/mol. The number of esters is 1. The first kappa shape index (κ1) is 12.5. The maximum Gasteiger partial charge on any atom is 0.310 e. The van der Waals surface area contributed by atoms with Gasteiger partial charge in [0.15, 0.2) is 0 Å². The second-order valence-corrected chi connectivity index (χ2v) is 3.39. The summed E-state index contributed by atoms with van der Waals surface area (Å²) in [6.07, 6.45) is 3.94. The first-order valence-electron chi connectivity index (χ1n) is 4.78. The average molecular weight is 236 g/mol. The Kier molecular flexibility index (Phi) is 5.32. The molecule has 1 aromatic rings.